The molecule has 0 amide bonds. The summed E-state index contributed by atoms with van der Waals surface area (Å²) in [5, 5.41) is 3.14. The zero-order valence-corrected chi connectivity index (χ0v) is 10.1. The van der Waals surface area contributed by atoms with Crippen LogP contribution in [-0.2, 0) is 14.6 Å². The highest BCUT2D eigenvalue weighted by molar-refractivity contribution is 7.90. The lowest BCUT2D eigenvalue weighted by Gasteiger charge is -2.12. The van der Waals surface area contributed by atoms with Gasteiger partial charge >= 0.3 is 0 Å². The molecule has 0 saturated carbocycles. The highest BCUT2D eigenvalue weighted by Crippen LogP contribution is 1.90. The van der Waals surface area contributed by atoms with E-state index in [-0.39, 0.29) is 11.8 Å². The van der Waals surface area contributed by atoms with Crippen LogP contribution in [0.15, 0.2) is 0 Å². The topological polar surface area (TPSA) is 55.4 Å². The van der Waals surface area contributed by atoms with E-state index in [0.29, 0.717) is 0 Å². The van der Waals surface area contributed by atoms with Crippen LogP contribution in [0.25, 0.3) is 0 Å². The second-order valence-electron chi connectivity index (χ2n) is 3.50. The zero-order valence-electron chi connectivity index (χ0n) is 9.25. The Bertz CT molecular complexity index is 226. The smallest absolute Gasteiger partial charge is 0.148 e. The Kier molecular flexibility index (Phi) is 7.13. The summed E-state index contributed by atoms with van der Waals surface area (Å²) in [6.07, 6.45) is 2.17. The van der Waals surface area contributed by atoms with Gasteiger partial charge < -0.3 is 10.1 Å². The van der Waals surface area contributed by atoms with Crippen molar-refractivity contribution in [3.05, 3.63) is 0 Å². The average molecular weight is 223 g/mol. The summed E-state index contributed by atoms with van der Waals surface area (Å²) in [6, 6.07) is 0.0200. The summed E-state index contributed by atoms with van der Waals surface area (Å²) in [5.74, 6) is 0.196. The fourth-order valence-electron chi connectivity index (χ4n) is 1.18. The van der Waals surface area contributed by atoms with E-state index in [1.54, 1.807) is 0 Å². The molecule has 0 aromatic heterocycles. The van der Waals surface area contributed by atoms with E-state index in [4.69, 9.17) is 4.74 Å². The molecule has 0 saturated heterocycles. The molecule has 0 radical (unpaired) electrons. The molecule has 0 rings (SSSR count). The minimum atomic E-state index is -2.86. The molecule has 86 valence electrons. The standard InChI is InChI=1S/C9H21NO3S/c1-4-13-7-5-6-10-9(2)8-14(3,11)12/h9-10H,4-8H2,1-3H3. The first-order valence-corrected chi connectivity index (χ1v) is 7.00. The predicted molar refractivity (Wildman–Crippen MR) is 58.3 cm³/mol. The number of hydrogen-bond acceptors (Lipinski definition) is 4. The Morgan fingerprint density at radius 1 is 1.43 bits per heavy atom. The quantitative estimate of drug-likeness (QED) is 0.607. The minimum absolute atomic E-state index is 0.0200. The molecule has 0 bridgehead atoms. The van der Waals surface area contributed by atoms with Crippen molar-refractivity contribution in [3.8, 4) is 0 Å². The van der Waals surface area contributed by atoms with Crippen molar-refractivity contribution in [2.45, 2.75) is 26.3 Å². The number of sulfone groups is 1. The molecule has 1 atom stereocenters. The molecule has 5 heteroatoms. The van der Waals surface area contributed by atoms with Gasteiger partial charge in [-0.25, -0.2) is 8.42 Å². The summed E-state index contributed by atoms with van der Waals surface area (Å²) >= 11 is 0. The van der Waals surface area contributed by atoms with Gasteiger partial charge in [-0.3, -0.25) is 0 Å². The maximum Gasteiger partial charge on any atom is 0.148 e. The molecule has 0 fully saturated rings. The van der Waals surface area contributed by atoms with Gasteiger partial charge in [0.2, 0.25) is 0 Å². The molecule has 0 aliphatic carbocycles. The van der Waals surface area contributed by atoms with Gasteiger partial charge in [0, 0.05) is 25.5 Å². The molecule has 0 aliphatic heterocycles. The number of nitrogens with one attached hydrogen (secondary N) is 1. The SMILES string of the molecule is CCOCCCNC(C)CS(C)(=O)=O. The first-order chi connectivity index (χ1) is 6.45. The molecule has 0 heterocycles. The number of hydrogen-bond donors (Lipinski definition) is 1. The Hall–Kier alpha value is -0.130. The molecule has 1 N–H and O–H groups in total. The maximum absolute atomic E-state index is 10.9. The van der Waals surface area contributed by atoms with Crippen LogP contribution in [-0.4, -0.2) is 46.2 Å². The lowest BCUT2D eigenvalue weighted by Crippen LogP contribution is -2.33. The third-order valence-corrected chi connectivity index (χ3v) is 2.82. The molecule has 4 nitrogen and oxygen atoms in total. The maximum atomic E-state index is 10.9. The predicted octanol–water partition coefficient (Wildman–Crippen LogP) is 0.436. The van der Waals surface area contributed by atoms with Gasteiger partial charge in [-0.2, -0.15) is 0 Å². The summed E-state index contributed by atoms with van der Waals surface area (Å²) in [7, 11) is -2.86. The van der Waals surface area contributed by atoms with E-state index >= 15 is 0 Å². The van der Waals surface area contributed by atoms with Gasteiger partial charge in [0.25, 0.3) is 0 Å². The first-order valence-electron chi connectivity index (χ1n) is 4.94. The Morgan fingerprint density at radius 2 is 2.07 bits per heavy atom. The molecular formula is C9H21NO3S. The lowest BCUT2D eigenvalue weighted by atomic mass is 10.3. The second kappa shape index (κ2) is 7.20. The summed E-state index contributed by atoms with van der Waals surface area (Å²) < 4.78 is 27.0. The van der Waals surface area contributed by atoms with Gasteiger partial charge in [-0.05, 0) is 26.8 Å². The van der Waals surface area contributed by atoms with E-state index in [1.165, 1.54) is 6.26 Å². The van der Waals surface area contributed by atoms with E-state index in [2.05, 4.69) is 5.32 Å². The summed E-state index contributed by atoms with van der Waals surface area (Å²) in [5.41, 5.74) is 0. The highest BCUT2D eigenvalue weighted by Gasteiger charge is 2.08. The van der Waals surface area contributed by atoms with Crippen molar-refractivity contribution in [1.29, 1.82) is 0 Å². The van der Waals surface area contributed by atoms with Crippen LogP contribution in [0.5, 0.6) is 0 Å². The molecular weight excluding hydrogens is 202 g/mol. The third kappa shape index (κ3) is 9.95. The summed E-state index contributed by atoms with van der Waals surface area (Å²) in [4.78, 5) is 0. The Labute approximate surface area is 86.9 Å². The van der Waals surface area contributed by atoms with E-state index in [9.17, 15) is 8.42 Å². The Balaban J connectivity index is 3.41. The monoisotopic (exact) mass is 223 g/mol. The van der Waals surface area contributed by atoms with Crippen LogP contribution >= 0.6 is 0 Å². The van der Waals surface area contributed by atoms with Crippen molar-refractivity contribution in [1.82, 2.24) is 5.32 Å². The molecule has 0 aromatic rings. The van der Waals surface area contributed by atoms with Crippen molar-refractivity contribution in [2.24, 2.45) is 0 Å². The van der Waals surface area contributed by atoms with Gasteiger partial charge in [0.1, 0.15) is 9.84 Å². The molecule has 0 aromatic carbocycles. The highest BCUT2D eigenvalue weighted by atomic mass is 32.2. The lowest BCUT2D eigenvalue weighted by molar-refractivity contribution is 0.144. The first kappa shape index (κ1) is 13.9. The minimum Gasteiger partial charge on any atom is -0.382 e. The van der Waals surface area contributed by atoms with E-state index in [0.717, 1.165) is 26.2 Å². The normalized spacial score (nSPS) is 14.2. The average Bonchev–Trinajstić information content (AvgIpc) is 2.00. The Morgan fingerprint density at radius 3 is 2.57 bits per heavy atom. The van der Waals surface area contributed by atoms with Gasteiger partial charge in [-0.1, -0.05) is 0 Å². The van der Waals surface area contributed by atoms with E-state index in [1.807, 2.05) is 13.8 Å². The van der Waals surface area contributed by atoms with Gasteiger partial charge in [0.15, 0.2) is 0 Å². The van der Waals surface area contributed by atoms with Crippen molar-refractivity contribution in [3.63, 3.8) is 0 Å². The van der Waals surface area contributed by atoms with Gasteiger partial charge in [-0.15, -0.1) is 0 Å². The molecule has 14 heavy (non-hydrogen) atoms. The van der Waals surface area contributed by atoms with E-state index < -0.39 is 9.84 Å². The molecule has 0 aliphatic rings. The van der Waals surface area contributed by atoms with Crippen LogP contribution < -0.4 is 5.32 Å². The van der Waals surface area contributed by atoms with Crippen LogP contribution in [0.4, 0.5) is 0 Å². The molecule has 1 unspecified atom stereocenters. The van der Waals surface area contributed by atoms with Crippen LogP contribution in [0.1, 0.15) is 20.3 Å². The third-order valence-electron chi connectivity index (χ3n) is 1.72. The second-order valence-corrected chi connectivity index (χ2v) is 5.68. The van der Waals surface area contributed by atoms with Crippen LogP contribution in [0.2, 0.25) is 0 Å². The fourth-order valence-corrected chi connectivity index (χ4v) is 2.21. The van der Waals surface area contributed by atoms with Crippen molar-refractivity contribution >= 4 is 9.84 Å². The number of rotatable bonds is 8. The van der Waals surface area contributed by atoms with Crippen LogP contribution in [0.3, 0.4) is 0 Å². The van der Waals surface area contributed by atoms with Gasteiger partial charge in [0.05, 0.1) is 5.75 Å². The largest absolute Gasteiger partial charge is 0.382 e. The summed E-state index contributed by atoms with van der Waals surface area (Å²) in [6.45, 7) is 6.10. The van der Waals surface area contributed by atoms with Crippen molar-refractivity contribution < 1.29 is 13.2 Å². The number of ether oxygens (including phenoxy) is 1. The van der Waals surface area contributed by atoms with Crippen molar-refractivity contribution in [2.75, 3.05) is 31.8 Å². The molecule has 0 spiro atoms. The zero-order chi connectivity index (χ0) is 11.0. The van der Waals surface area contributed by atoms with Crippen LogP contribution in [0, 0.1) is 0 Å². The fraction of sp³-hybridized carbons (Fsp3) is 1.00.